The quantitative estimate of drug-likeness (QED) is 0.639. The molecule has 134 valence electrons. The molecule has 2 rings (SSSR count). The maximum Gasteiger partial charge on any atom is 0.327 e. The van der Waals surface area contributed by atoms with Crippen molar-refractivity contribution >= 4 is 72.4 Å². The summed E-state index contributed by atoms with van der Waals surface area (Å²) in [5.74, 6) is -1.33. The molecule has 1 atom stereocenters. The van der Waals surface area contributed by atoms with Crippen molar-refractivity contribution in [3.05, 3.63) is 55.9 Å². The smallest absolute Gasteiger partial charge is 0.327 e. The fourth-order valence-corrected chi connectivity index (χ4v) is 4.89. The summed E-state index contributed by atoms with van der Waals surface area (Å²) in [6.45, 7) is 1.25. The number of nitrogens with zero attached hydrogens (tertiary/aromatic N) is 1. The van der Waals surface area contributed by atoms with E-state index < -0.39 is 22.0 Å². The molecule has 5 nitrogen and oxygen atoms in total. The minimum absolute atomic E-state index is 0.0332. The molecule has 25 heavy (non-hydrogen) atoms. The van der Waals surface area contributed by atoms with E-state index in [4.69, 9.17) is 34.8 Å². The van der Waals surface area contributed by atoms with Gasteiger partial charge in [-0.3, -0.25) is 4.31 Å². The molecule has 2 aromatic carbocycles. The molecule has 0 saturated carbocycles. The van der Waals surface area contributed by atoms with Gasteiger partial charge in [-0.05, 0) is 43.3 Å². The van der Waals surface area contributed by atoms with Crippen LogP contribution in [0, 0.1) is 0 Å². The summed E-state index contributed by atoms with van der Waals surface area (Å²) in [7, 11) is -4.26. The molecular formula is C15H11BrCl3NO4S. The van der Waals surface area contributed by atoms with Crippen LogP contribution in [0.15, 0.2) is 45.8 Å². The van der Waals surface area contributed by atoms with Gasteiger partial charge in [-0.1, -0.05) is 50.7 Å². The molecule has 0 spiro atoms. The predicted octanol–water partition coefficient (Wildman–Crippen LogP) is 5.08. The lowest BCUT2D eigenvalue weighted by molar-refractivity contribution is -0.137. The number of sulfonamides is 1. The van der Waals surface area contributed by atoms with Gasteiger partial charge in [0.15, 0.2) is 0 Å². The summed E-state index contributed by atoms with van der Waals surface area (Å²) in [6.07, 6.45) is 0. The van der Waals surface area contributed by atoms with Crippen LogP contribution in [0.3, 0.4) is 0 Å². The van der Waals surface area contributed by atoms with Crippen molar-refractivity contribution in [3.63, 3.8) is 0 Å². The van der Waals surface area contributed by atoms with Gasteiger partial charge < -0.3 is 5.11 Å². The normalized spacial score (nSPS) is 12.7. The number of benzene rings is 2. The Hall–Kier alpha value is -0.990. The van der Waals surface area contributed by atoms with Crippen LogP contribution in [-0.2, 0) is 14.8 Å². The van der Waals surface area contributed by atoms with Crippen molar-refractivity contribution in [2.45, 2.75) is 17.9 Å². The van der Waals surface area contributed by atoms with Crippen LogP contribution in [0.5, 0.6) is 0 Å². The zero-order valence-corrected chi connectivity index (χ0v) is 17.3. The molecule has 1 unspecified atom stereocenters. The molecule has 10 heteroatoms. The average Bonchev–Trinajstić information content (AvgIpc) is 2.51. The number of anilines is 1. The monoisotopic (exact) mass is 485 g/mol. The van der Waals surface area contributed by atoms with Gasteiger partial charge in [-0.15, -0.1) is 0 Å². The van der Waals surface area contributed by atoms with Gasteiger partial charge in [0.1, 0.15) is 6.04 Å². The second-order valence-corrected chi connectivity index (χ2v) is 8.94. The summed E-state index contributed by atoms with van der Waals surface area (Å²) in [5, 5.41) is 9.65. The maximum absolute atomic E-state index is 13.1. The Morgan fingerprint density at radius 2 is 1.72 bits per heavy atom. The van der Waals surface area contributed by atoms with E-state index in [1.165, 1.54) is 31.2 Å². The molecule has 0 fully saturated rings. The zero-order valence-electron chi connectivity index (χ0n) is 12.6. The minimum Gasteiger partial charge on any atom is -0.480 e. The number of carbonyl (C=O) groups is 1. The van der Waals surface area contributed by atoms with Crippen molar-refractivity contribution in [2.75, 3.05) is 4.31 Å². The van der Waals surface area contributed by atoms with Gasteiger partial charge in [0.2, 0.25) is 0 Å². The second-order valence-electron chi connectivity index (χ2n) is 4.99. The summed E-state index contributed by atoms with van der Waals surface area (Å²) in [6, 6.07) is 6.78. The van der Waals surface area contributed by atoms with Crippen molar-refractivity contribution in [1.82, 2.24) is 0 Å². The molecular weight excluding hydrogens is 476 g/mol. The molecule has 0 heterocycles. The van der Waals surface area contributed by atoms with Gasteiger partial charge in [-0.2, -0.15) is 0 Å². The Morgan fingerprint density at radius 3 is 2.24 bits per heavy atom. The van der Waals surface area contributed by atoms with Crippen molar-refractivity contribution in [3.8, 4) is 0 Å². The van der Waals surface area contributed by atoms with E-state index in [1.807, 2.05) is 0 Å². The Bertz CT molecular complexity index is 936. The summed E-state index contributed by atoms with van der Waals surface area (Å²) in [4.78, 5) is 11.3. The first-order chi connectivity index (χ1) is 11.6. The Morgan fingerprint density at radius 1 is 1.08 bits per heavy atom. The predicted molar refractivity (Wildman–Crippen MR) is 102 cm³/mol. The fourth-order valence-electron chi connectivity index (χ4n) is 2.06. The van der Waals surface area contributed by atoms with E-state index in [9.17, 15) is 18.3 Å². The van der Waals surface area contributed by atoms with E-state index in [2.05, 4.69) is 15.9 Å². The Balaban J connectivity index is 2.69. The molecule has 1 N–H and O–H groups in total. The number of carboxylic acids is 1. The third-order valence-corrected chi connectivity index (χ3v) is 6.72. The molecule has 0 aliphatic rings. The van der Waals surface area contributed by atoms with Crippen LogP contribution in [0.4, 0.5) is 5.69 Å². The number of carboxylic acid groups (broad SMARTS) is 1. The highest BCUT2D eigenvalue weighted by molar-refractivity contribution is 9.10. The van der Waals surface area contributed by atoms with E-state index in [1.54, 1.807) is 6.07 Å². The molecule has 0 saturated heterocycles. The van der Waals surface area contributed by atoms with Gasteiger partial charge in [-0.25, -0.2) is 13.2 Å². The third kappa shape index (κ3) is 4.23. The van der Waals surface area contributed by atoms with Crippen molar-refractivity contribution < 1.29 is 18.3 Å². The zero-order chi connectivity index (χ0) is 18.9. The number of aliphatic carboxylic acids is 1. The van der Waals surface area contributed by atoms with Gasteiger partial charge in [0, 0.05) is 4.47 Å². The molecule has 2 aromatic rings. The summed E-state index contributed by atoms with van der Waals surface area (Å²) >= 11 is 21.1. The fraction of sp³-hybridized carbons (Fsp3) is 0.133. The van der Waals surface area contributed by atoms with Crippen molar-refractivity contribution in [1.29, 1.82) is 0 Å². The van der Waals surface area contributed by atoms with Crippen molar-refractivity contribution in [2.24, 2.45) is 0 Å². The first-order valence-corrected chi connectivity index (χ1v) is 10.1. The van der Waals surface area contributed by atoms with E-state index in [-0.39, 0.29) is 25.7 Å². The highest BCUT2D eigenvalue weighted by Crippen LogP contribution is 2.35. The van der Waals surface area contributed by atoms with Crippen LogP contribution in [0.2, 0.25) is 15.1 Å². The number of rotatable bonds is 5. The Kier molecular flexibility index (Phi) is 6.27. The van der Waals surface area contributed by atoms with Crippen LogP contribution >= 0.6 is 50.7 Å². The molecule has 0 aromatic heterocycles. The first-order valence-electron chi connectivity index (χ1n) is 6.73. The van der Waals surface area contributed by atoms with E-state index in [0.717, 1.165) is 10.4 Å². The van der Waals surface area contributed by atoms with Crippen LogP contribution in [0.25, 0.3) is 0 Å². The topological polar surface area (TPSA) is 74.7 Å². The Labute approximate surface area is 168 Å². The maximum atomic E-state index is 13.1. The summed E-state index contributed by atoms with van der Waals surface area (Å²) < 4.78 is 27.5. The lowest BCUT2D eigenvalue weighted by Crippen LogP contribution is -2.43. The molecule has 0 radical (unpaired) electrons. The molecule has 0 aliphatic carbocycles. The van der Waals surface area contributed by atoms with Crippen LogP contribution in [0.1, 0.15) is 6.92 Å². The average molecular weight is 488 g/mol. The first kappa shape index (κ1) is 20.3. The lowest BCUT2D eigenvalue weighted by atomic mass is 10.2. The number of halogens is 4. The van der Waals surface area contributed by atoms with Crippen LogP contribution < -0.4 is 4.31 Å². The number of hydrogen-bond donors (Lipinski definition) is 1. The lowest BCUT2D eigenvalue weighted by Gasteiger charge is -2.29. The standard InChI is InChI=1S/C15H11BrCl3NO4S/c1-8(15(21)22)20(14-5-2-9(16)6-13(14)19)25(23,24)10-3-4-11(17)12(18)7-10/h2-8H,1H3,(H,21,22). The molecule has 0 amide bonds. The SMILES string of the molecule is CC(C(=O)O)N(c1ccc(Br)cc1Cl)S(=O)(=O)c1ccc(Cl)c(Cl)c1. The molecule has 0 bridgehead atoms. The van der Waals surface area contributed by atoms with E-state index >= 15 is 0 Å². The van der Waals surface area contributed by atoms with Gasteiger partial charge in [0.25, 0.3) is 10.0 Å². The van der Waals surface area contributed by atoms with Gasteiger partial charge >= 0.3 is 5.97 Å². The second kappa shape index (κ2) is 7.72. The molecule has 0 aliphatic heterocycles. The summed E-state index contributed by atoms with van der Waals surface area (Å²) in [5.41, 5.74) is 0.0332. The van der Waals surface area contributed by atoms with Gasteiger partial charge in [0.05, 0.1) is 25.7 Å². The van der Waals surface area contributed by atoms with Crippen LogP contribution in [-0.4, -0.2) is 25.5 Å². The minimum atomic E-state index is -4.26. The highest BCUT2D eigenvalue weighted by atomic mass is 79.9. The van der Waals surface area contributed by atoms with E-state index in [0.29, 0.717) is 4.47 Å². The highest BCUT2D eigenvalue weighted by Gasteiger charge is 2.34. The number of hydrogen-bond acceptors (Lipinski definition) is 3. The third-order valence-electron chi connectivity index (χ3n) is 3.30. The largest absolute Gasteiger partial charge is 0.480 e.